The molecule has 1 aliphatic rings. The third-order valence-electron chi connectivity index (χ3n) is 3.82. The van der Waals surface area contributed by atoms with Gasteiger partial charge in [-0.05, 0) is 43.4 Å². The van der Waals surface area contributed by atoms with Crippen LogP contribution in [0.4, 0.5) is 0 Å². The first kappa shape index (κ1) is 15.3. The normalized spacial score (nSPS) is 20.9. The number of unbranched alkanes of at least 4 members (excludes halogenated alkanes) is 4. The lowest BCUT2D eigenvalue weighted by atomic mass is 10.0. The van der Waals surface area contributed by atoms with Crippen molar-refractivity contribution in [1.29, 1.82) is 0 Å². The molecule has 0 amide bonds. The highest BCUT2D eigenvalue weighted by Crippen LogP contribution is 2.33. The number of epoxide rings is 1. The summed E-state index contributed by atoms with van der Waals surface area (Å²) in [6.07, 6.45) is 7.20. The molecular weight excluding hydrogens is 276 g/mol. The lowest BCUT2D eigenvalue weighted by Crippen LogP contribution is -2.23. The van der Waals surface area contributed by atoms with Crippen LogP contribution in [0, 0.1) is 0 Å². The van der Waals surface area contributed by atoms with Crippen molar-refractivity contribution in [1.82, 2.24) is 0 Å². The highest BCUT2D eigenvalue weighted by atomic mass is 35.5. The first-order valence-electron chi connectivity index (χ1n) is 7.24. The molecule has 4 heteroatoms. The maximum Gasteiger partial charge on any atom is 0.338 e. The van der Waals surface area contributed by atoms with Crippen LogP contribution in [0.3, 0.4) is 0 Å². The van der Waals surface area contributed by atoms with Crippen molar-refractivity contribution in [3.8, 4) is 0 Å². The second-order valence-corrected chi connectivity index (χ2v) is 5.92. The lowest BCUT2D eigenvalue weighted by molar-refractivity contribution is -0.143. The Kier molecular flexibility index (Phi) is 5.44. The van der Waals surface area contributed by atoms with Gasteiger partial charge in [0.1, 0.15) is 0 Å². The average molecular weight is 297 g/mol. The van der Waals surface area contributed by atoms with Gasteiger partial charge in [0.25, 0.3) is 0 Å². The number of carboxylic acid groups (broad SMARTS) is 1. The molecule has 0 aromatic heterocycles. The van der Waals surface area contributed by atoms with Gasteiger partial charge in [0.05, 0.1) is 6.61 Å². The van der Waals surface area contributed by atoms with Gasteiger partial charge < -0.3 is 9.84 Å². The molecular formula is C16H21ClO3. The van der Waals surface area contributed by atoms with Crippen LogP contribution in [0.15, 0.2) is 24.3 Å². The van der Waals surface area contributed by atoms with Crippen LogP contribution in [-0.4, -0.2) is 23.3 Å². The van der Waals surface area contributed by atoms with Gasteiger partial charge in [-0.3, -0.25) is 0 Å². The summed E-state index contributed by atoms with van der Waals surface area (Å²) in [7, 11) is 0. The van der Waals surface area contributed by atoms with Crippen molar-refractivity contribution in [3.63, 3.8) is 0 Å². The molecule has 0 aliphatic carbocycles. The Bertz CT molecular complexity index is 455. The molecule has 1 atom stereocenters. The van der Waals surface area contributed by atoms with E-state index in [2.05, 4.69) is 6.07 Å². The Morgan fingerprint density at radius 3 is 2.60 bits per heavy atom. The van der Waals surface area contributed by atoms with Crippen molar-refractivity contribution in [2.75, 3.05) is 6.61 Å². The summed E-state index contributed by atoms with van der Waals surface area (Å²) >= 11 is 5.94. The number of carbonyl (C=O) groups is 1. The SMILES string of the molecule is O=C(O)C1(CCCCCCCc2cccc(Cl)c2)CO1. The monoisotopic (exact) mass is 296 g/mol. The van der Waals surface area contributed by atoms with E-state index in [-0.39, 0.29) is 0 Å². The van der Waals surface area contributed by atoms with Gasteiger partial charge in [0, 0.05) is 5.02 Å². The number of aryl methyl sites for hydroxylation is 1. The maximum absolute atomic E-state index is 10.9. The summed E-state index contributed by atoms with van der Waals surface area (Å²) in [6, 6.07) is 8.00. The Labute approximate surface area is 124 Å². The third-order valence-corrected chi connectivity index (χ3v) is 4.05. The second-order valence-electron chi connectivity index (χ2n) is 5.49. The largest absolute Gasteiger partial charge is 0.479 e. The van der Waals surface area contributed by atoms with Crippen LogP contribution in [0.1, 0.15) is 44.1 Å². The smallest absolute Gasteiger partial charge is 0.338 e. The minimum Gasteiger partial charge on any atom is -0.479 e. The molecule has 1 heterocycles. The molecule has 1 N–H and O–H groups in total. The van der Waals surface area contributed by atoms with Crippen molar-refractivity contribution >= 4 is 17.6 Å². The van der Waals surface area contributed by atoms with Gasteiger partial charge >= 0.3 is 5.97 Å². The summed E-state index contributed by atoms with van der Waals surface area (Å²) < 4.78 is 5.04. The highest BCUT2D eigenvalue weighted by molar-refractivity contribution is 6.30. The minimum atomic E-state index is -0.833. The zero-order chi connectivity index (χ0) is 14.4. The Morgan fingerprint density at radius 1 is 1.25 bits per heavy atom. The maximum atomic E-state index is 10.9. The van der Waals surface area contributed by atoms with Gasteiger partial charge in [-0.1, -0.05) is 43.0 Å². The standard InChI is InChI=1S/C16H21ClO3/c17-14-9-6-8-13(11-14)7-4-2-1-3-5-10-16(12-20-16)15(18)19/h6,8-9,11H,1-5,7,10,12H2,(H,18,19). The fourth-order valence-electron chi connectivity index (χ4n) is 2.42. The van der Waals surface area contributed by atoms with Crippen LogP contribution in [0.5, 0.6) is 0 Å². The van der Waals surface area contributed by atoms with Crippen molar-refractivity contribution in [2.24, 2.45) is 0 Å². The molecule has 2 rings (SSSR count). The fourth-order valence-corrected chi connectivity index (χ4v) is 2.64. The van der Waals surface area contributed by atoms with Crippen LogP contribution >= 0.6 is 11.6 Å². The van der Waals surface area contributed by atoms with Crippen molar-refractivity contribution in [3.05, 3.63) is 34.9 Å². The highest BCUT2D eigenvalue weighted by Gasteiger charge is 2.51. The first-order chi connectivity index (χ1) is 9.62. The van der Waals surface area contributed by atoms with Crippen LogP contribution < -0.4 is 0 Å². The molecule has 1 unspecified atom stereocenters. The Balaban J connectivity index is 1.51. The molecule has 0 saturated carbocycles. The molecule has 3 nitrogen and oxygen atoms in total. The van der Waals surface area contributed by atoms with Gasteiger partial charge in [-0.2, -0.15) is 0 Å². The van der Waals surface area contributed by atoms with E-state index in [0.717, 1.165) is 37.1 Å². The molecule has 1 saturated heterocycles. The molecule has 1 aromatic rings. The molecule has 1 aliphatic heterocycles. The van der Waals surface area contributed by atoms with E-state index in [9.17, 15) is 4.79 Å². The van der Waals surface area contributed by atoms with Gasteiger partial charge in [0.2, 0.25) is 0 Å². The molecule has 0 radical (unpaired) electrons. The number of hydrogen-bond donors (Lipinski definition) is 1. The number of rotatable bonds is 9. The van der Waals surface area contributed by atoms with E-state index in [1.165, 1.54) is 12.0 Å². The van der Waals surface area contributed by atoms with Gasteiger partial charge in [-0.25, -0.2) is 4.79 Å². The van der Waals surface area contributed by atoms with E-state index in [1.54, 1.807) is 0 Å². The first-order valence-corrected chi connectivity index (χ1v) is 7.62. The number of aliphatic carboxylic acids is 1. The number of ether oxygens (including phenoxy) is 1. The second kappa shape index (κ2) is 7.09. The predicted octanol–water partition coefficient (Wildman–Crippen LogP) is 4.08. The van der Waals surface area contributed by atoms with E-state index in [4.69, 9.17) is 21.4 Å². The molecule has 0 bridgehead atoms. The molecule has 1 fully saturated rings. The third kappa shape index (κ3) is 4.50. The molecule has 20 heavy (non-hydrogen) atoms. The number of hydrogen-bond acceptors (Lipinski definition) is 2. The Morgan fingerprint density at radius 2 is 1.95 bits per heavy atom. The Hall–Kier alpha value is -1.06. The zero-order valence-electron chi connectivity index (χ0n) is 11.6. The van der Waals surface area contributed by atoms with E-state index in [1.807, 2.05) is 18.2 Å². The van der Waals surface area contributed by atoms with E-state index in [0.29, 0.717) is 13.0 Å². The summed E-state index contributed by atoms with van der Waals surface area (Å²) in [5, 5.41) is 9.75. The van der Waals surface area contributed by atoms with E-state index >= 15 is 0 Å². The molecule has 110 valence electrons. The quantitative estimate of drug-likeness (QED) is 0.552. The zero-order valence-corrected chi connectivity index (χ0v) is 12.4. The van der Waals surface area contributed by atoms with Crippen LogP contribution in [-0.2, 0) is 16.0 Å². The van der Waals surface area contributed by atoms with Gasteiger partial charge in [-0.15, -0.1) is 0 Å². The van der Waals surface area contributed by atoms with Crippen molar-refractivity contribution < 1.29 is 14.6 Å². The summed E-state index contributed by atoms with van der Waals surface area (Å²) in [5.74, 6) is -0.807. The van der Waals surface area contributed by atoms with E-state index < -0.39 is 11.6 Å². The number of benzene rings is 1. The van der Waals surface area contributed by atoms with Crippen LogP contribution in [0.25, 0.3) is 0 Å². The predicted molar refractivity (Wildman–Crippen MR) is 79.2 cm³/mol. The average Bonchev–Trinajstić information content (AvgIpc) is 3.19. The number of halogens is 1. The topological polar surface area (TPSA) is 49.8 Å². The summed E-state index contributed by atoms with van der Waals surface area (Å²) in [4.78, 5) is 10.9. The van der Waals surface area contributed by atoms with Crippen LogP contribution in [0.2, 0.25) is 5.02 Å². The van der Waals surface area contributed by atoms with Gasteiger partial charge in [0.15, 0.2) is 5.60 Å². The summed E-state index contributed by atoms with van der Waals surface area (Å²) in [6.45, 7) is 0.386. The van der Waals surface area contributed by atoms with Crippen molar-refractivity contribution in [2.45, 2.75) is 50.5 Å². The number of carboxylic acids is 1. The molecule has 1 aromatic carbocycles. The lowest BCUT2D eigenvalue weighted by Gasteiger charge is -2.06. The summed E-state index contributed by atoms with van der Waals surface area (Å²) in [5.41, 5.74) is 0.453. The molecule has 0 spiro atoms. The fraction of sp³-hybridized carbons (Fsp3) is 0.562. The minimum absolute atomic E-state index is 0.386.